The highest BCUT2D eigenvalue weighted by Gasteiger charge is 2.38. The number of benzene rings is 1. The van der Waals surface area contributed by atoms with E-state index in [2.05, 4.69) is 41.1 Å². The van der Waals surface area contributed by atoms with Crippen LogP contribution in [-0.2, 0) is 11.3 Å². The maximum Gasteiger partial charge on any atom is 0.357 e. The number of esters is 1. The van der Waals surface area contributed by atoms with Crippen molar-refractivity contribution < 1.29 is 14.3 Å². The summed E-state index contributed by atoms with van der Waals surface area (Å²) in [5, 5.41) is 5.85. The average molecular weight is 546 g/mol. The first kappa shape index (κ1) is 27.2. The molecule has 8 nitrogen and oxygen atoms in total. The second kappa shape index (κ2) is 11.5. The number of likely N-dealkylation sites (tertiary alicyclic amines) is 2. The Kier molecular flexibility index (Phi) is 7.82. The monoisotopic (exact) mass is 545 g/mol. The van der Waals surface area contributed by atoms with Crippen molar-refractivity contribution in [1.82, 2.24) is 24.6 Å². The van der Waals surface area contributed by atoms with Crippen LogP contribution in [0.3, 0.4) is 0 Å². The van der Waals surface area contributed by atoms with Crippen molar-refractivity contribution in [3.8, 4) is 17.0 Å². The number of carbonyl (C=O) groups excluding carboxylic acids is 1. The molecule has 0 radical (unpaired) electrons. The molecule has 3 fully saturated rings. The second-order valence-corrected chi connectivity index (χ2v) is 12.3. The molecule has 2 atom stereocenters. The van der Waals surface area contributed by atoms with Crippen molar-refractivity contribution >= 4 is 17.0 Å². The van der Waals surface area contributed by atoms with Crippen LogP contribution in [0.1, 0.15) is 75.0 Å². The van der Waals surface area contributed by atoms with Gasteiger partial charge in [-0.1, -0.05) is 43.5 Å². The van der Waals surface area contributed by atoms with Crippen LogP contribution < -0.4 is 4.74 Å². The van der Waals surface area contributed by atoms with E-state index in [0.29, 0.717) is 23.8 Å². The maximum absolute atomic E-state index is 12.9. The molecule has 4 heterocycles. The zero-order valence-electron chi connectivity index (χ0n) is 24.4. The molecular formula is C32H43N5O3. The normalized spacial score (nSPS) is 22.3. The molecule has 1 aliphatic carbocycles. The molecule has 6 rings (SSSR count). The van der Waals surface area contributed by atoms with Gasteiger partial charge in [0.25, 0.3) is 0 Å². The summed E-state index contributed by atoms with van der Waals surface area (Å²) in [6.07, 6.45) is 5.68. The maximum atomic E-state index is 12.9. The van der Waals surface area contributed by atoms with Gasteiger partial charge in [-0.25, -0.2) is 14.5 Å². The van der Waals surface area contributed by atoms with Gasteiger partial charge in [0, 0.05) is 38.3 Å². The Morgan fingerprint density at radius 1 is 1.02 bits per heavy atom. The number of aromatic nitrogens is 3. The quantitative estimate of drug-likeness (QED) is 0.343. The Balaban J connectivity index is 1.37. The summed E-state index contributed by atoms with van der Waals surface area (Å²) in [7, 11) is 2.24. The number of carbonyl (C=O) groups is 1. The van der Waals surface area contributed by atoms with Crippen LogP contribution in [0.2, 0.25) is 0 Å². The first-order chi connectivity index (χ1) is 19.4. The standard InChI is InChI=1S/C32H43N5O3/c1-5-39-32(38)28-15-27(23-13-11-22(12-14-23)16-36-19-24-17-35(4)18-25(24)20-36)29-30(33-28)37(26-9-7-6-8-10-26)34-31(29)40-21(2)3/h11-15,21,24-26H,5-10,16-20H2,1-4H3. The van der Waals surface area contributed by atoms with Crippen LogP contribution in [0, 0.1) is 11.8 Å². The minimum atomic E-state index is -0.407. The van der Waals surface area contributed by atoms with Crippen molar-refractivity contribution in [3.63, 3.8) is 0 Å². The van der Waals surface area contributed by atoms with Gasteiger partial charge in [-0.2, -0.15) is 0 Å². The molecule has 8 heteroatoms. The number of fused-ring (bicyclic) bond motifs is 2. The lowest BCUT2D eigenvalue weighted by Gasteiger charge is -2.22. The van der Waals surface area contributed by atoms with Gasteiger partial charge < -0.3 is 14.4 Å². The van der Waals surface area contributed by atoms with Gasteiger partial charge in [-0.3, -0.25) is 4.90 Å². The highest BCUT2D eigenvalue weighted by molar-refractivity contribution is 6.01. The molecule has 214 valence electrons. The van der Waals surface area contributed by atoms with Gasteiger partial charge in [0.1, 0.15) is 0 Å². The first-order valence-corrected chi connectivity index (χ1v) is 15.2. The van der Waals surface area contributed by atoms with E-state index in [-0.39, 0.29) is 12.1 Å². The van der Waals surface area contributed by atoms with E-state index in [1.807, 2.05) is 31.5 Å². The highest BCUT2D eigenvalue weighted by atomic mass is 16.5. The molecule has 0 spiro atoms. The Labute approximate surface area is 237 Å². The van der Waals surface area contributed by atoms with Crippen LogP contribution in [-0.4, -0.2) is 76.5 Å². The summed E-state index contributed by atoms with van der Waals surface area (Å²) in [6.45, 7) is 11.9. The van der Waals surface area contributed by atoms with Crippen molar-refractivity contribution in [2.45, 2.75) is 71.6 Å². The molecule has 3 aliphatic rings. The second-order valence-electron chi connectivity index (χ2n) is 12.3. The van der Waals surface area contributed by atoms with E-state index in [1.165, 1.54) is 51.0 Å². The van der Waals surface area contributed by atoms with Gasteiger partial charge >= 0.3 is 5.97 Å². The summed E-state index contributed by atoms with van der Waals surface area (Å²) in [5.41, 5.74) is 4.27. The third kappa shape index (κ3) is 5.48. The molecule has 0 amide bonds. The molecule has 2 aliphatic heterocycles. The van der Waals surface area contributed by atoms with Gasteiger partial charge in [0.2, 0.25) is 5.88 Å². The third-order valence-electron chi connectivity index (χ3n) is 8.80. The van der Waals surface area contributed by atoms with Gasteiger partial charge in [-0.05, 0) is 69.7 Å². The molecule has 40 heavy (non-hydrogen) atoms. The van der Waals surface area contributed by atoms with Crippen LogP contribution >= 0.6 is 0 Å². The number of pyridine rings is 1. The Bertz CT molecular complexity index is 1330. The fourth-order valence-corrected chi connectivity index (χ4v) is 7.03. The van der Waals surface area contributed by atoms with E-state index in [9.17, 15) is 4.79 Å². The molecule has 0 N–H and O–H groups in total. The zero-order valence-corrected chi connectivity index (χ0v) is 24.4. The Morgan fingerprint density at radius 2 is 1.73 bits per heavy atom. The van der Waals surface area contributed by atoms with Crippen LogP contribution in [0.4, 0.5) is 0 Å². The lowest BCUT2D eigenvalue weighted by atomic mass is 9.95. The molecule has 0 bridgehead atoms. The number of hydrogen-bond donors (Lipinski definition) is 0. The van der Waals surface area contributed by atoms with E-state index >= 15 is 0 Å². The molecule has 1 saturated carbocycles. The van der Waals surface area contributed by atoms with Crippen LogP contribution in [0.25, 0.3) is 22.2 Å². The zero-order chi connectivity index (χ0) is 27.8. The van der Waals surface area contributed by atoms with Crippen LogP contribution in [0.15, 0.2) is 30.3 Å². The Hall–Kier alpha value is -2.97. The smallest absolute Gasteiger partial charge is 0.357 e. The van der Waals surface area contributed by atoms with Gasteiger partial charge in [0.05, 0.1) is 24.1 Å². The number of hydrogen-bond acceptors (Lipinski definition) is 7. The minimum absolute atomic E-state index is 0.0300. The van der Waals surface area contributed by atoms with Crippen molar-refractivity contribution in [3.05, 3.63) is 41.6 Å². The van der Waals surface area contributed by atoms with E-state index < -0.39 is 5.97 Å². The topological polar surface area (TPSA) is 72.7 Å². The van der Waals surface area contributed by atoms with Crippen molar-refractivity contribution in [2.24, 2.45) is 11.8 Å². The Morgan fingerprint density at radius 3 is 2.38 bits per heavy atom. The predicted molar refractivity (Wildman–Crippen MR) is 157 cm³/mol. The van der Waals surface area contributed by atoms with Crippen molar-refractivity contribution in [2.75, 3.05) is 39.8 Å². The highest BCUT2D eigenvalue weighted by Crippen LogP contribution is 2.39. The molecule has 2 aromatic heterocycles. The first-order valence-electron chi connectivity index (χ1n) is 15.2. The minimum Gasteiger partial charge on any atom is -0.473 e. The van der Waals surface area contributed by atoms with E-state index in [4.69, 9.17) is 19.6 Å². The number of nitrogens with zero attached hydrogens (tertiary/aromatic N) is 5. The van der Waals surface area contributed by atoms with E-state index in [0.717, 1.165) is 47.7 Å². The fourth-order valence-electron chi connectivity index (χ4n) is 7.03. The molecular weight excluding hydrogens is 502 g/mol. The summed E-state index contributed by atoms with van der Waals surface area (Å²) in [4.78, 5) is 22.8. The van der Waals surface area contributed by atoms with Crippen LogP contribution in [0.5, 0.6) is 5.88 Å². The fraction of sp³-hybridized carbons (Fsp3) is 0.594. The predicted octanol–water partition coefficient (Wildman–Crippen LogP) is 5.56. The van der Waals surface area contributed by atoms with Gasteiger partial charge in [0.15, 0.2) is 11.3 Å². The number of rotatable bonds is 8. The van der Waals surface area contributed by atoms with Crippen molar-refractivity contribution in [1.29, 1.82) is 0 Å². The summed E-state index contributed by atoms with van der Waals surface area (Å²) < 4.78 is 13.7. The summed E-state index contributed by atoms with van der Waals surface area (Å²) >= 11 is 0. The molecule has 3 aromatic rings. The number of ether oxygens (including phenoxy) is 2. The largest absolute Gasteiger partial charge is 0.473 e. The summed E-state index contributed by atoms with van der Waals surface area (Å²) in [5.74, 6) is 1.79. The molecule has 2 unspecified atom stereocenters. The summed E-state index contributed by atoms with van der Waals surface area (Å²) in [6, 6.07) is 10.9. The lowest BCUT2D eigenvalue weighted by molar-refractivity contribution is 0.0520. The van der Waals surface area contributed by atoms with Gasteiger partial charge in [-0.15, -0.1) is 5.10 Å². The van der Waals surface area contributed by atoms with E-state index in [1.54, 1.807) is 0 Å². The third-order valence-corrected chi connectivity index (χ3v) is 8.80. The molecule has 2 saturated heterocycles. The average Bonchev–Trinajstić information content (AvgIpc) is 3.59. The lowest BCUT2D eigenvalue weighted by Crippen LogP contribution is -2.26. The SMILES string of the molecule is CCOC(=O)c1cc(-c2ccc(CN3CC4CN(C)CC4C3)cc2)c2c(OC(C)C)nn(C3CCCCC3)c2n1. The molecule has 1 aromatic carbocycles.